The summed E-state index contributed by atoms with van der Waals surface area (Å²) in [6.07, 6.45) is 2.23. The number of anilines is 1. The molecule has 0 saturated heterocycles. The Morgan fingerprint density at radius 3 is 2.32 bits per heavy atom. The third-order valence-electron chi connectivity index (χ3n) is 5.74. The van der Waals surface area contributed by atoms with E-state index in [1.165, 1.54) is 25.6 Å². The van der Waals surface area contributed by atoms with Gasteiger partial charge in [0.1, 0.15) is 17.2 Å². The number of benzene rings is 2. The monoisotopic (exact) mass is 481 g/mol. The molecule has 1 heterocycles. The molecule has 1 atom stereocenters. The quantitative estimate of drug-likeness (QED) is 0.482. The Morgan fingerprint density at radius 1 is 1.00 bits per heavy atom. The Labute approximate surface area is 202 Å². The zero-order valence-corrected chi connectivity index (χ0v) is 20.2. The minimum Gasteiger partial charge on any atom is -0.497 e. The molecule has 1 unspecified atom stereocenters. The molecule has 0 spiro atoms. The average Bonchev–Trinajstić information content (AvgIpc) is 3.44. The van der Waals surface area contributed by atoms with Gasteiger partial charge in [-0.15, -0.1) is 11.3 Å². The van der Waals surface area contributed by atoms with Gasteiger partial charge in [0.2, 0.25) is 5.91 Å². The number of thiazole rings is 1. The van der Waals surface area contributed by atoms with Crippen LogP contribution in [0.4, 0.5) is 5.13 Å². The summed E-state index contributed by atoms with van der Waals surface area (Å²) in [5, 5.41) is 6.34. The predicted molar refractivity (Wildman–Crippen MR) is 130 cm³/mol. The Bertz CT molecular complexity index is 1150. The van der Waals surface area contributed by atoms with Crippen LogP contribution >= 0.6 is 11.3 Å². The van der Waals surface area contributed by atoms with E-state index in [0.29, 0.717) is 28.7 Å². The molecule has 0 fully saturated rings. The van der Waals surface area contributed by atoms with Crippen molar-refractivity contribution >= 4 is 28.3 Å². The van der Waals surface area contributed by atoms with Crippen molar-refractivity contribution in [3.63, 3.8) is 0 Å². The second-order valence-electron chi connectivity index (χ2n) is 7.86. The van der Waals surface area contributed by atoms with E-state index < -0.39 is 0 Å². The van der Waals surface area contributed by atoms with Crippen molar-refractivity contribution < 1.29 is 23.8 Å². The van der Waals surface area contributed by atoms with Gasteiger partial charge in [-0.25, -0.2) is 4.98 Å². The molecule has 1 aliphatic carbocycles. The molecule has 4 rings (SSSR count). The number of carbonyl (C=O) groups is 2. The van der Waals surface area contributed by atoms with Crippen molar-refractivity contribution in [2.45, 2.75) is 25.2 Å². The summed E-state index contributed by atoms with van der Waals surface area (Å²) in [5.41, 5.74) is 2.28. The van der Waals surface area contributed by atoms with Crippen LogP contribution in [0.5, 0.6) is 17.2 Å². The summed E-state index contributed by atoms with van der Waals surface area (Å²) in [6, 6.07) is 12.8. The molecule has 0 aliphatic heterocycles. The number of hydrogen-bond donors (Lipinski definition) is 2. The number of methoxy groups -OCH3 is 3. The third kappa shape index (κ3) is 5.31. The third-order valence-corrected chi connectivity index (χ3v) is 6.79. The molecule has 0 bridgehead atoms. The topological polar surface area (TPSA) is 98.8 Å². The average molecular weight is 482 g/mol. The van der Waals surface area contributed by atoms with Crippen LogP contribution in [-0.4, -0.2) is 44.7 Å². The molecule has 2 amide bonds. The second-order valence-corrected chi connectivity index (χ2v) is 8.95. The molecule has 0 saturated carbocycles. The van der Waals surface area contributed by atoms with Gasteiger partial charge in [0.25, 0.3) is 5.91 Å². The van der Waals surface area contributed by atoms with Gasteiger partial charge >= 0.3 is 0 Å². The van der Waals surface area contributed by atoms with Crippen LogP contribution in [0.25, 0.3) is 0 Å². The molecular weight excluding hydrogens is 454 g/mol. The fourth-order valence-corrected chi connectivity index (χ4v) is 4.92. The fourth-order valence-electron chi connectivity index (χ4n) is 3.89. The Kier molecular flexibility index (Phi) is 7.32. The highest BCUT2D eigenvalue weighted by Crippen LogP contribution is 2.38. The van der Waals surface area contributed by atoms with Crippen LogP contribution in [-0.2, 0) is 17.6 Å². The zero-order chi connectivity index (χ0) is 24.1. The smallest absolute Gasteiger partial charge is 0.257 e. The molecular formula is C25H27N3O5S. The summed E-state index contributed by atoms with van der Waals surface area (Å²) in [4.78, 5) is 31.2. The van der Waals surface area contributed by atoms with E-state index in [1.54, 1.807) is 25.3 Å². The molecule has 2 aromatic carbocycles. The number of ether oxygens (including phenoxy) is 3. The summed E-state index contributed by atoms with van der Waals surface area (Å²) in [7, 11) is 4.70. The lowest BCUT2D eigenvalue weighted by Gasteiger charge is -2.11. The molecule has 0 radical (unpaired) electrons. The van der Waals surface area contributed by atoms with Crippen LogP contribution in [0.1, 0.15) is 38.8 Å². The minimum absolute atomic E-state index is 0.0343. The van der Waals surface area contributed by atoms with Crippen LogP contribution in [0, 0.1) is 0 Å². The van der Waals surface area contributed by atoms with Gasteiger partial charge in [-0.05, 0) is 49.1 Å². The summed E-state index contributed by atoms with van der Waals surface area (Å²) < 4.78 is 15.6. The van der Waals surface area contributed by atoms with Crippen molar-refractivity contribution in [2.75, 3.05) is 33.2 Å². The van der Waals surface area contributed by atoms with E-state index in [-0.39, 0.29) is 17.7 Å². The van der Waals surface area contributed by atoms with Gasteiger partial charge in [0.05, 0.1) is 32.9 Å². The van der Waals surface area contributed by atoms with Gasteiger partial charge in [0.15, 0.2) is 5.13 Å². The van der Waals surface area contributed by atoms with Crippen molar-refractivity contribution in [3.05, 3.63) is 64.2 Å². The van der Waals surface area contributed by atoms with Crippen LogP contribution < -0.4 is 24.8 Å². The highest BCUT2D eigenvalue weighted by molar-refractivity contribution is 7.16. The normalized spacial score (nSPS) is 14.3. The maximum atomic E-state index is 12.8. The van der Waals surface area contributed by atoms with Gasteiger partial charge in [-0.1, -0.05) is 12.1 Å². The van der Waals surface area contributed by atoms with Gasteiger partial charge < -0.3 is 19.5 Å². The number of carbonyl (C=O) groups excluding carboxylic acids is 2. The van der Waals surface area contributed by atoms with Crippen molar-refractivity contribution in [3.8, 4) is 17.2 Å². The fraction of sp³-hybridized carbons (Fsp3) is 0.320. The Balaban J connectivity index is 1.36. The first kappa shape index (κ1) is 23.6. The first-order chi connectivity index (χ1) is 16.5. The van der Waals surface area contributed by atoms with Crippen molar-refractivity contribution in [1.82, 2.24) is 10.3 Å². The molecule has 1 aromatic heterocycles. The Hall–Kier alpha value is -3.59. The zero-order valence-electron chi connectivity index (χ0n) is 19.3. The SMILES string of the molecule is COc1ccc(CCNC(=O)C2CCc3sc(NC(=O)c4cc(OC)cc(OC)c4)nc32)cc1. The molecule has 2 N–H and O–H groups in total. The number of rotatable bonds is 9. The van der Waals surface area contributed by atoms with E-state index in [4.69, 9.17) is 14.2 Å². The highest BCUT2D eigenvalue weighted by atomic mass is 32.1. The number of amides is 2. The van der Waals surface area contributed by atoms with E-state index in [1.807, 2.05) is 24.3 Å². The Morgan fingerprint density at radius 2 is 1.68 bits per heavy atom. The number of aryl methyl sites for hydroxylation is 1. The van der Waals surface area contributed by atoms with Crippen LogP contribution in [0.3, 0.4) is 0 Å². The first-order valence-electron chi connectivity index (χ1n) is 11.0. The molecule has 1 aliphatic rings. The standard InChI is InChI=1S/C25H27N3O5S/c1-31-17-6-4-15(5-7-17)10-11-26-24(30)20-8-9-21-22(20)27-25(34-21)28-23(29)16-12-18(32-2)14-19(13-16)33-3/h4-7,12-14,20H,8-11H2,1-3H3,(H,26,30)(H,27,28,29). The number of nitrogens with one attached hydrogen (secondary N) is 2. The number of nitrogens with zero attached hydrogens (tertiary/aromatic N) is 1. The van der Waals surface area contributed by atoms with Crippen molar-refractivity contribution in [2.24, 2.45) is 0 Å². The van der Waals surface area contributed by atoms with Gasteiger partial charge in [0, 0.05) is 23.1 Å². The number of aromatic nitrogens is 1. The lowest BCUT2D eigenvalue weighted by atomic mass is 10.1. The lowest BCUT2D eigenvalue weighted by molar-refractivity contribution is -0.122. The summed E-state index contributed by atoms with van der Waals surface area (Å²) in [5.74, 6) is 1.21. The van der Waals surface area contributed by atoms with Crippen molar-refractivity contribution in [1.29, 1.82) is 0 Å². The van der Waals surface area contributed by atoms with Gasteiger partial charge in [-0.2, -0.15) is 0 Å². The maximum absolute atomic E-state index is 12.8. The van der Waals surface area contributed by atoms with Gasteiger partial charge in [-0.3, -0.25) is 14.9 Å². The van der Waals surface area contributed by atoms with E-state index in [0.717, 1.165) is 41.1 Å². The maximum Gasteiger partial charge on any atom is 0.257 e. The van der Waals surface area contributed by atoms with E-state index >= 15 is 0 Å². The first-order valence-corrected chi connectivity index (χ1v) is 11.8. The van der Waals surface area contributed by atoms with Crippen LogP contribution in [0.2, 0.25) is 0 Å². The largest absolute Gasteiger partial charge is 0.497 e. The second kappa shape index (κ2) is 10.6. The molecule has 8 nitrogen and oxygen atoms in total. The molecule has 34 heavy (non-hydrogen) atoms. The number of fused-ring (bicyclic) bond motifs is 1. The van der Waals surface area contributed by atoms with E-state index in [9.17, 15) is 9.59 Å². The lowest BCUT2D eigenvalue weighted by Crippen LogP contribution is -2.30. The highest BCUT2D eigenvalue weighted by Gasteiger charge is 2.32. The molecule has 9 heteroatoms. The molecule has 3 aromatic rings. The van der Waals surface area contributed by atoms with E-state index in [2.05, 4.69) is 15.6 Å². The number of hydrogen-bond acceptors (Lipinski definition) is 7. The summed E-state index contributed by atoms with van der Waals surface area (Å²) >= 11 is 1.41. The molecule has 178 valence electrons. The predicted octanol–water partition coefficient (Wildman–Crippen LogP) is 3.81. The minimum atomic E-state index is -0.315. The summed E-state index contributed by atoms with van der Waals surface area (Å²) in [6.45, 7) is 0.544. The van der Waals surface area contributed by atoms with Crippen LogP contribution in [0.15, 0.2) is 42.5 Å².